The van der Waals surface area contributed by atoms with E-state index in [4.69, 9.17) is 9.15 Å². The summed E-state index contributed by atoms with van der Waals surface area (Å²) in [5, 5.41) is 0.762. The maximum atomic E-state index is 11.8. The van der Waals surface area contributed by atoms with Crippen LogP contribution in [-0.2, 0) is 4.74 Å². The summed E-state index contributed by atoms with van der Waals surface area (Å²) in [6.45, 7) is 5.59. The summed E-state index contributed by atoms with van der Waals surface area (Å²) in [6.07, 6.45) is 0. The van der Waals surface area contributed by atoms with Gasteiger partial charge < -0.3 is 9.15 Å². The Morgan fingerprint density at radius 3 is 2.72 bits per heavy atom. The molecule has 4 nitrogen and oxygen atoms in total. The van der Waals surface area contributed by atoms with Gasteiger partial charge in [-0.15, -0.1) is 0 Å². The van der Waals surface area contributed by atoms with Gasteiger partial charge >= 0.3 is 11.6 Å². The Hall–Kier alpha value is -2.10. The Morgan fingerprint density at radius 2 is 2.06 bits per heavy atom. The van der Waals surface area contributed by atoms with Crippen molar-refractivity contribution in [3.05, 3.63) is 45.3 Å². The summed E-state index contributed by atoms with van der Waals surface area (Å²) in [5.74, 6) is -0.632. The molecule has 0 spiro atoms. The lowest BCUT2D eigenvalue weighted by atomic mass is 10.0. The summed E-state index contributed by atoms with van der Waals surface area (Å²) in [6, 6.07) is 5.47. The second kappa shape index (κ2) is 4.64. The van der Waals surface area contributed by atoms with Gasteiger partial charge in [-0.2, -0.15) is 0 Å². The molecular weight excluding hydrogens is 232 g/mol. The van der Waals surface area contributed by atoms with Crippen LogP contribution in [0.4, 0.5) is 0 Å². The Kier molecular flexibility index (Phi) is 3.19. The third-order valence-corrected chi connectivity index (χ3v) is 2.80. The Balaban J connectivity index is 2.75. The fraction of sp³-hybridized carbons (Fsp3) is 0.286. The normalized spacial score (nSPS) is 10.6. The first-order valence-corrected chi connectivity index (χ1v) is 5.75. The van der Waals surface area contributed by atoms with Gasteiger partial charge in [-0.1, -0.05) is 11.6 Å². The molecule has 0 aliphatic rings. The second-order valence-electron chi connectivity index (χ2n) is 4.11. The van der Waals surface area contributed by atoms with E-state index in [-0.39, 0.29) is 12.2 Å². The van der Waals surface area contributed by atoms with E-state index >= 15 is 0 Å². The number of carbonyl (C=O) groups is 1. The lowest BCUT2D eigenvalue weighted by Crippen LogP contribution is -2.18. The zero-order valence-corrected chi connectivity index (χ0v) is 10.6. The van der Waals surface area contributed by atoms with Gasteiger partial charge in [0.1, 0.15) is 11.1 Å². The van der Waals surface area contributed by atoms with E-state index in [1.807, 2.05) is 19.1 Å². The van der Waals surface area contributed by atoms with Gasteiger partial charge in [0.25, 0.3) is 0 Å². The Morgan fingerprint density at radius 1 is 1.33 bits per heavy atom. The highest BCUT2D eigenvalue weighted by molar-refractivity contribution is 5.96. The van der Waals surface area contributed by atoms with Crippen molar-refractivity contribution < 1.29 is 13.9 Å². The Bertz CT molecular complexity index is 667. The smallest absolute Gasteiger partial charge is 0.351 e. The minimum absolute atomic E-state index is 0.0186. The van der Waals surface area contributed by atoms with Gasteiger partial charge in [0.2, 0.25) is 0 Å². The van der Waals surface area contributed by atoms with Crippen LogP contribution in [0.1, 0.15) is 28.4 Å². The molecule has 0 unspecified atom stereocenters. The van der Waals surface area contributed by atoms with Crippen LogP contribution >= 0.6 is 0 Å². The molecule has 2 aromatic rings. The molecule has 4 heteroatoms. The van der Waals surface area contributed by atoms with Gasteiger partial charge in [-0.05, 0) is 38.5 Å². The zero-order chi connectivity index (χ0) is 13.3. The van der Waals surface area contributed by atoms with Gasteiger partial charge in [0, 0.05) is 5.39 Å². The standard InChI is InChI=1S/C14H14O4/c1-4-17-13(15)12-9(3)10-7-8(2)5-6-11(10)18-14(12)16/h5-7H,4H2,1-3H3. The first-order valence-electron chi connectivity index (χ1n) is 5.75. The summed E-state index contributed by atoms with van der Waals surface area (Å²) in [7, 11) is 0. The van der Waals surface area contributed by atoms with Crippen LogP contribution in [0.2, 0.25) is 0 Å². The molecular formula is C14H14O4. The molecule has 0 aliphatic heterocycles. The summed E-state index contributed by atoms with van der Waals surface area (Å²) < 4.78 is 10.0. The molecule has 0 aliphatic carbocycles. The summed E-state index contributed by atoms with van der Waals surface area (Å²) in [4.78, 5) is 23.5. The van der Waals surface area contributed by atoms with Crippen molar-refractivity contribution in [2.45, 2.75) is 20.8 Å². The minimum Gasteiger partial charge on any atom is -0.462 e. The SMILES string of the molecule is CCOC(=O)c1c(C)c2cc(C)ccc2oc1=O. The fourth-order valence-corrected chi connectivity index (χ4v) is 1.90. The van der Waals surface area contributed by atoms with E-state index in [1.54, 1.807) is 19.9 Å². The number of carbonyl (C=O) groups excluding carboxylic acids is 1. The molecule has 0 fully saturated rings. The molecule has 0 saturated heterocycles. The minimum atomic E-state index is -0.651. The van der Waals surface area contributed by atoms with Crippen molar-refractivity contribution in [3.63, 3.8) is 0 Å². The van der Waals surface area contributed by atoms with Crippen molar-refractivity contribution in [2.75, 3.05) is 6.61 Å². The highest BCUT2D eigenvalue weighted by atomic mass is 16.5. The van der Waals surface area contributed by atoms with Crippen molar-refractivity contribution >= 4 is 16.9 Å². The molecule has 94 valence electrons. The molecule has 0 amide bonds. The van der Waals surface area contributed by atoms with Crippen LogP contribution < -0.4 is 5.63 Å². The first-order chi connectivity index (χ1) is 8.54. The van der Waals surface area contributed by atoms with Gasteiger partial charge in [0.15, 0.2) is 0 Å². The number of ether oxygens (including phenoxy) is 1. The van der Waals surface area contributed by atoms with Crippen molar-refractivity contribution in [2.24, 2.45) is 0 Å². The largest absolute Gasteiger partial charge is 0.462 e. The summed E-state index contributed by atoms with van der Waals surface area (Å²) >= 11 is 0. The molecule has 2 rings (SSSR count). The van der Waals surface area contributed by atoms with Crippen molar-refractivity contribution in [1.29, 1.82) is 0 Å². The molecule has 1 aromatic carbocycles. The van der Waals surface area contributed by atoms with Gasteiger partial charge in [0.05, 0.1) is 6.61 Å². The Labute approximate surface area is 104 Å². The van der Waals surface area contributed by atoms with E-state index < -0.39 is 11.6 Å². The second-order valence-corrected chi connectivity index (χ2v) is 4.11. The predicted molar refractivity (Wildman–Crippen MR) is 67.9 cm³/mol. The van der Waals surface area contributed by atoms with Crippen molar-refractivity contribution in [3.8, 4) is 0 Å². The quantitative estimate of drug-likeness (QED) is 0.603. The molecule has 1 heterocycles. The summed E-state index contributed by atoms with van der Waals surface area (Å²) in [5.41, 5.74) is 1.45. The molecule has 0 N–H and O–H groups in total. The maximum Gasteiger partial charge on any atom is 0.351 e. The molecule has 0 radical (unpaired) electrons. The molecule has 18 heavy (non-hydrogen) atoms. The highest BCUT2D eigenvalue weighted by Crippen LogP contribution is 2.21. The monoisotopic (exact) mass is 246 g/mol. The lowest BCUT2D eigenvalue weighted by molar-refractivity contribution is 0.0521. The topological polar surface area (TPSA) is 56.5 Å². The van der Waals surface area contributed by atoms with Crippen LogP contribution in [0.15, 0.2) is 27.4 Å². The molecule has 1 aromatic heterocycles. The fourth-order valence-electron chi connectivity index (χ4n) is 1.90. The number of hydrogen-bond acceptors (Lipinski definition) is 4. The van der Waals surface area contributed by atoms with Crippen LogP contribution in [0.5, 0.6) is 0 Å². The average molecular weight is 246 g/mol. The van der Waals surface area contributed by atoms with Crippen molar-refractivity contribution in [1.82, 2.24) is 0 Å². The first kappa shape index (κ1) is 12.4. The number of benzene rings is 1. The van der Waals surface area contributed by atoms with Crippen LogP contribution in [0.25, 0.3) is 11.0 Å². The number of hydrogen-bond donors (Lipinski definition) is 0. The predicted octanol–water partition coefficient (Wildman–Crippen LogP) is 2.59. The van der Waals surface area contributed by atoms with E-state index in [9.17, 15) is 9.59 Å². The molecule has 0 saturated carbocycles. The highest BCUT2D eigenvalue weighted by Gasteiger charge is 2.19. The number of esters is 1. The number of rotatable bonds is 2. The van der Waals surface area contributed by atoms with Gasteiger partial charge in [-0.3, -0.25) is 0 Å². The number of fused-ring (bicyclic) bond motifs is 1. The van der Waals surface area contributed by atoms with E-state index in [1.165, 1.54) is 0 Å². The molecule has 0 atom stereocenters. The van der Waals surface area contributed by atoms with Gasteiger partial charge in [-0.25, -0.2) is 9.59 Å². The maximum absolute atomic E-state index is 11.8. The van der Waals surface area contributed by atoms with Crippen LogP contribution in [0.3, 0.4) is 0 Å². The third kappa shape index (κ3) is 2.01. The average Bonchev–Trinajstić information content (AvgIpc) is 2.31. The zero-order valence-electron chi connectivity index (χ0n) is 10.6. The third-order valence-electron chi connectivity index (χ3n) is 2.80. The van der Waals surface area contributed by atoms with Crippen LogP contribution in [0, 0.1) is 13.8 Å². The van der Waals surface area contributed by atoms with E-state index in [2.05, 4.69) is 0 Å². The van der Waals surface area contributed by atoms with Crippen LogP contribution in [-0.4, -0.2) is 12.6 Å². The molecule has 0 bridgehead atoms. The number of aryl methyl sites for hydroxylation is 2. The van der Waals surface area contributed by atoms with E-state index in [0.29, 0.717) is 11.1 Å². The lowest BCUT2D eigenvalue weighted by Gasteiger charge is -2.07. The van der Waals surface area contributed by atoms with E-state index in [0.717, 1.165) is 10.9 Å².